The van der Waals surface area contributed by atoms with E-state index >= 15 is 0 Å². The maximum absolute atomic E-state index is 12.3. The highest BCUT2D eigenvalue weighted by Crippen LogP contribution is 2.24. The lowest BCUT2D eigenvalue weighted by atomic mass is 10.1. The zero-order valence-corrected chi connectivity index (χ0v) is 13.4. The Kier molecular flexibility index (Phi) is 4.57. The second-order valence-corrected chi connectivity index (χ2v) is 5.67. The van der Waals surface area contributed by atoms with Crippen LogP contribution in [0.3, 0.4) is 0 Å². The van der Waals surface area contributed by atoms with Crippen molar-refractivity contribution < 1.29 is 9.90 Å². The monoisotopic (exact) mass is 318 g/mol. The van der Waals surface area contributed by atoms with Crippen LogP contribution in [0.15, 0.2) is 71.8 Å². The van der Waals surface area contributed by atoms with Gasteiger partial charge in [0.1, 0.15) is 5.75 Å². The first kappa shape index (κ1) is 15.7. The summed E-state index contributed by atoms with van der Waals surface area (Å²) in [4.78, 5) is 12.3. The second kappa shape index (κ2) is 6.96. The van der Waals surface area contributed by atoms with Crippen LogP contribution < -0.4 is 5.43 Å². The van der Waals surface area contributed by atoms with Gasteiger partial charge in [0.2, 0.25) is 0 Å². The fourth-order valence-corrected chi connectivity index (χ4v) is 2.55. The van der Waals surface area contributed by atoms with Crippen molar-refractivity contribution in [2.24, 2.45) is 5.10 Å². The predicted molar refractivity (Wildman–Crippen MR) is 96.3 cm³/mol. The lowest BCUT2D eigenvalue weighted by molar-refractivity contribution is 0.0952. The molecule has 3 rings (SSSR count). The number of nitrogens with one attached hydrogen (secondary N) is 1. The third-order valence-electron chi connectivity index (χ3n) is 3.76. The molecule has 3 aromatic rings. The summed E-state index contributed by atoms with van der Waals surface area (Å²) in [5, 5.41) is 16.0. The van der Waals surface area contributed by atoms with Crippen LogP contribution in [-0.2, 0) is 6.42 Å². The van der Waals surface area contributed by atoms with Crippen LogP contribution in [0, 0.1) is 0 Å². The largest absolute Gasteiger partial charge is 0.507 e. The van der Waals surface area contributed by atoms with Crippen LogP contribution in [0.25, 0.3) is 10.8 Å². The number of carbonyl (C=O) groups is 1. The van der Waals surface area contributed by atoms with Gasteiger partial charge in [0, 0.05) is 12.1 Å². The number of fused-ring (bicyclic) bond motifs is 1. The van der Waals surface area contributed by atoms with Gasteiger partial charge < -0.3 is 5.11 Å². The molecule has 0 fully saturated rings. The normalized spacial score (nSPS) is 11.5. The standard InChI is InChI=1S/C20H18N2O2/c1-14(11-15-7-3-2-4-8-15)21-22-20(24)18-12-16-9-5-6-10-17(16)13-19(18)23/h2-10,12-13,23H,11H2,1H3,(H,22,24)/b21-14+. The number of hydrogen-bond acceptors (Lipinski definition) is 3. The van der Waals surface area contributed by atoms with Crippen molar-refractivity contribution in [3.63, 3.8) is 0 Å². The Morgan fingerprint density at radius 3 is 2.33 bits per heavy atom. The van der Waals surface area contributed by atoms with E-state index < -0.39 is 5.91 Å². The van der Waals surface area contributed by atoms with E-state index in [-0.39, 0.29) is 11.3 Å². The van der Waals surface area contributed by atoms with E-state index in [9.17, 15) is 9.90 Å². The molecule has 0 saturated carbocycles. The lowest BCUT2D eigenvalue weighted by Gasteiger charge is -2.07. The van der Waals surface area contributed by atoms with Crippen LogP contribution in [0.5, 0.6) is 5.75 Å². The van der Waals surface area contributed by atoms with E-state index in [1.807, 2.05) is 61.5 Å². The minimum atomic E-state index is -0.425. The number of hydrogen-bond donors (Lipinski definition) is 2. The number of benzene rings is 3. The zero-order valence-electron chi connectivity index (χ0n) is 13.4. The Morgan fingerprint density at radius 1 is 1.00 bits per heavy atom. The van der Waals surface area contributed by atoms with Crippen LogP contribution in [0.1, 0.15) is 22.8 Å². The average molecular weight is 318 g/mol. The molecule has 0 aliphatic carbocycles. The van der Waals surface area contributed by atoms with Crippen molar-refractivity contribution in [3.8, 4) is 5.75 Å². The SMILES string of the molecule is C/C(Cc1ccccc1)=N\NC(=O)c1cc2ccccc2cc1O. The van der Waals surface area contributed by atoms with Gasteiger partial charge in [0.05, 0.1) is 5.56 Å². The van der Waals surface area contributed by atoms with Crippen molar-refractivity contribution in [2.75, 3.05) is 0 Å². The number of rotatable bonds is 4. The van der Waals surface area contributed by atoms with Crippen LogP contribution in [0.4, 0.5) is 0 Å². The van der Waals surface area contributed by atoms with E-state index in [0.717, 1.165) is 22.0 Å². The Hall–Kier alpha value is -3.14. The maximum atomic E-state index is 12.3. The summed E-state index contributed by atoms with van der Waals surface area (Å²) in [6.45, 7) is 1.85. The highest BCUT2D eigenvalue weighted by molar-refractivity contribution is 6.02. The zero-order chi connectivity index (χ0) is 16.9. The minimum Gasteiger partial charge on any atom is -0.507 e. The molecule has 0 saturated heterocycles. The van der Waals surface area contributed by atoms with E-state index in [0.29, 0.717) is 6.42 Å². The van der Waals surface area contributed by atoms with Gasteiger partial charge in [-0.3, -0.25) is 4.79 Å². The molecular weight excluding hydrogens is 300 g/mol. The van der Waals surface area contributed by atoms with E-state index in [2.05, 4.69) is 10.5 Å². The molecule has 0 aliphatic rings. The fraction of sp³-hybridized carbons (Fsp3) is 0.100. The highest BCUT2D eigenvalue weighted by atomic mass is 16.3. The van der Waals surface area contributed by atoms with Crippen molar-refractivity contribution in [1.82, 2.24) is 5.43 Å². The van der Waals surface area contributed by atoms with Crippen LogP contribution >= 0.6 is 0 Å². The van der Waals surface area contributed by atoms with Crippen LogP contribution in [0.2, 0.25) is 0 Å². The number of hydrazone groups is 1. The third kappa shape index (κ3) is 3.60. The van der Waals surface area contributed by atoms with Gasteiger partial charge in [-0.05, 0) is 35.4 Å². The van der Waals surface area contributed by atoms with Crippen molar-refractivity contribution >= 4 is 22.4 Å². The van der Waals surface area contributed by atoms with E-state index in [1.54, 1.807) is 12.1 Å². The van der Waals surface area contributed by atoms with Gasteiger partial charge in [-0.15, -0.1) is 0 Å². The van der Waals surface area contributed by atoms with Crippen molar-refractivity contribution in [2.45, 2.75) is 13.3 Å². The molecule has 120 valence electrons. The number of carbonyl (C=O) groups excluding carboxylic acids is 1. The van der Waals surface area contributed by atoms with E-state index in [4.69, 9.17) is 0 Å². The van der Waals surface area contributed by atoms with Crippen LogP contribution in [-0.4, -0.2) is 16.7 Å². The molecular formula is C20H18N2O2. The molecule has 0 aromatic heterocycles. The third-order valence-corrected chi connectivity index (χ3v) is 3.76. The van der Waals surface area contributed by atoms with Gasteiger partial charge in [-0.25, -0.2) is 5.43 Å². The van der Waals surface area contributed by atoms with Crippen molar-refractivity contribution in [1.29, 1.82) is 0 Å². The summed E-state index contributed by atoms with van der Waals surface area (Å²) in [6, 6.07) is 20.7. The Labute approximate surface area is 140 Å². The Bertz CT molecular complexity index is 902. The summed E-state index contributed by atoms with van der Waals surface area (Å²) in [7, 11) is 0. The molecule has 0 bridgehead atoms. The molecule has 0 aliphatic heterocycles. The summed E-state index contributed by atoms with van der Waals surface area (Å²) < 4.78 is 0. The summed E-state index contributed by atoms with van der Waals surface area (Å²) in [6.07, 6.45) is 0.658. The summed E-state index contributed by atoms with van der Waals surface area (Å²) >= 11 is 0. The van der Waals surface area contributed by atoms with Gasteiger partial charge in [-0.1, -0.05) is 54.6 Å². The molecule has 4 nitrogen and oxygen atoms in total. The summed E-state index contributed by atoms with van der Waals surface area (Å²) in [5.41, 5.74) is 4.64. The van der Waals surface area contributed by atoms with Gasteiger partial charge in [0.15, 0.2) is 0 Å². The average Bonchev–Trinajstić information content (AvgIpc) is 2.60. The fourth-order valence-electron chi connectivity index (χ4n) is 2.55. The maximum Gasteiger partial charge on any atom is 0.275 e. The quantitative estimate of drug-likeness (QED) is 0.566. The molecule has 2 N–H and O–H groups in total. The lowest BCUT2D eigenvalue weighted by Crippen LogP contribution is -2.19. The molecule has 4 heteroatoms. The Morgan fingerprint density at radius 2 is 1.62 bits per heavy atom. The first-order valence-electron chi connectivity index (χ1n) is 7.72. The molecule has 0 unspecified atom stereocenters. The molecule has 3 aromatic carbocycles. The van der Waals surface area contributed by atoms with Gasteiger partial charge in [0.25, 0.3) is 5.91 Å². The van der Waals surface area contributed by atoms with Crippen molar-refractivity contribution in [3.05, 3.63) is 77.9 Å². The first-order chi connectivity index (χ1) is 11.6. The molecule has 0 radical (unpaired) electrons. The summed E-state index contributed by atoms with van der Waals surface area (Å²) in [5.74, 6) is -0.479. The number of amides is 1. The topological polar surface area (TPSA) is 61.7 Å². The van der Waals surface area contributed by atoms with Gasteiger partial charge in [-0.2, -0.15) is 5.10 Å². The number of phenols is 1. The predicted octanol–water partition coefficient (Wildman–Crippen LogP) is 3.89. The molecule has 0 heterocycles. The molecule has 0 atom stereocenters. The molecule has 0 spiro atoms. The number of aromatic hydroxyl groups is 1. The minimum absolute atomic E-state index is 0.0536. The van der Waals surface area contributed by atoms with E-state index in [1.165, 1.54) is 0 Å². The second-order valence-electron chi connectivity index (χ2n) is 5.67. The Balaban J connectivity index is 1.75. The number of phenolic OH excluding ortho intramolecular Hbond substituents is 1. The number of nitrogens with zero attached hydrogens (tertiary/aromatic N) is 1. The highest BCUT2D eigenvalue weighted by Gasteiger charge is 2.12. The molecule has 24 heavy (non-hydrogen) atoms. The first-order valence-corrected chi connectivity index (χ1v) is 7.72. The molecule has 1 amide bonds. The van der Waals surface area contributed by atoms with Gasteiger partial charge >= 0.3 is 0 Å². The smallest absolute Gasteiger partial charge is 0.275 e.